The molecule has 1 aliphatic heterocycles. The average Bonchev–Trinajstić information content (AvgIpc) is 2.87. The van der Waals surface area contributed by atoms with Gasteiger partial charge in [-0.1, -0.05) is 12.1 Å². The molecule has 1 aliphatic rings. The van der Waals surface area contributed by atoms with E-state index in [9.17, 15) is 35.4 Å². The van der Waals surface area contributed by atoms with Crippen molar-refractivity contribution in [2.45, 2.75) is 69.2 Å². The van der Waals surface area contributed by atoms with Gasteiger partial charge < -0.3 is 39.8 Å². The van der Waals surface area contributed by atoms with Crippen molar-refractivity contribution in [2.24, 2.45) is 0 Å². The number of benzene rings is 2. The summed E-state index contributed by atoms with van der Waals surface area (Å²) in [6.45, 7) is 3.77. The van der Waals surface area contributed by atoms with Crippen molar-refractivity contribution >= 4 is 11.0 Å². The van der Waals surface area contributed by atoms with Crippen LogP contribution in [-0.2, 0) is 22.6 Å². The van der Waals surface area contributed by atoms with Crippen molar-refractivity contribution in [3.05, 3.63) is 69.6 Å². The molecule has 1 aromatic heterocycles. The van der Waals surface area contributed by atoms with Crippen molar-refractivity contribution in [1.29, 1.82) is 0 Å². The zero-order chi connectivity index (χ0) is 28.5. The van der Waals surface area contributed by atoms with Gasteiger partial charge in [0.1, 0.15) is 65.1 Å². The normalized spacial score (nSPS) is 20.5. The van der Waals surface area contributed by atoms with Crippen LogP contribution in [0.3, 0.4) is 0 Å². The van der Waals surface area contributed by atoms with Crippen molar-refractivity contribution in [3.63, 3.8) is 0 Å². The van der Waals surface area contributed by atoms with Gasteiger partial charge in [0.15, 0.2) is 5.43 Å². The third-order valence-corrected chi connectivity index (χ3v) is 6.98. The third kappa shape index (κ3) is 6.25. The fraction of sp³-hybridized carbons (Fsp3) is 0.464. The van der Waals surface area contributed by atoms with E-state index in [2.05, 4.69) is 0 Å². The minimum Gasteiger partial charge on any atom is -0.508 e. The molecule has 0 saturated carbocycles. The van der Waals surface area contributed by atoms with Crippen LogP contribution in [0.4, 0.5) is 0 Å². The number of aliphatic hydroxyl groups excluding tert-OH is 4. The summed E-state index contributed by atoms with van der Waals surface area (Å²) in [6.07, 6.45) is -6.22. The van der Waals surface area contributed by atoms with Gasteiger partial charge in [0.2, 0.25) is 0 Å². The molecule has 39 heavy (non-hydrogen) atoms. The second-order valence-electron chi connectivity index (χ2n) is 10.6. The molecule has 0 saturated heterocycles. The van der Waals surface area contributed by atoms with E-state index in [1.54, 1.807) is 32.9 Å². The zero-order valence-corrected chi connectivity index (χ0v) is 21.9. The molecule has 11 heteroatoms. The minimum atomic E-state index is -2.17. The van der Waals surface area contributed by atoms with E-state index in [0.717, 1.165) is 0 Å². The third-order valence-electron chi connectivity index (χ3n) is 6.98. The predicted molar refractivity (Wildman–Crippen MR) is 138 cm³/mol. The van der Waals surface area contributed by atoms with Gasteiger partial charge in [-0.25, -0.2) is 9.78 Å². The number of hydrogen-bond acceptors (Lipinski definition) is 11. The lowest BCUT2D eigenvalue weighted by Crippen LogP contribution is -2.57. The maximum Gasteiger partial charge on any atom is 0.192 e. The van der Waals surface area contributed by atoms with Crippen molar-refractivity contribution in [1.82, 2.24) is 0 Å². The van der Waals surface area contributed by atoms with Gasteiger partial charge in [0.05, 0.1) is 12.0 Å². The maximum absolute atomic E-state index is 12.5. The van der Waals surface area contributed by atoms with E-state index in [0.29, 0.717) is 33.6 Å². The molecule has 0 aliphatic carbocycles. The molecule has 3 aromatic rings. The lowest BCUT2D eigenvalue weighted by molar-refractivity contribution is -0.369. The number of fused-ring (bicyclic) bond motifs is 2. The molecule has 0 fully saturated rings. The van der Waals surface area contributed by atoms with Crippen LogP contribution in [0.2, 0.25) is 0 Å². The van der Waals surface area contributed by atoms with Gasteiger partial charge in [-0.05, 0) is 50.1 Å². The van der Waals surface area contributed by atoms with Crippen LogP contribution in [-0.4, -0.2) is 79.5 Å². The van der Waals surface area contributed by atoms with Gasteiger partial charge in [0.25, 0.3) is 0 Å². The Labute approximate surface area is 224 Å². The van der Waals surface area contributed by atoms with Crippen LogP contribution in [0.1, 0.15) is 30.7 Å². The van der Waals surface area contributed by atoms with E-state index < -0.39 is 48.8 Å². The predicted octanol–water partition coefficient (Wildman–Crippen LogP) is 0.886. The fourth-order valence-corrected chi connectivity index (χ4v) is 4.61. The molecule has 0 amide bonds. The lowest BCUT2D eigenvalue weighted by Gasteiger charge is -2.40. The van der Waals surface area contributed by atoms with Crippen LogP contribution in [0.5, 0.6) is 11.5 Å². The summed E-state index contributed by atoms with van der Waals surface area (Å²) in [4.78, 5) is 23.5. The summed E-state index contributed by atoms with van der Waals surface area (Å²) in [6, 6.07) is 10.6. The number of rotatable bonds is 10. The Morgan fingerprint density at radius 1 is 1.13 bits per heavy atom. The molecular formula is C28H34O11. The van der Waals surface area contributed by atoms with Gasteiger partial charge in [0, 0.05) is 25.0 Å². The molecule has 2 heterocycles. The molecule has 212 valence electrons. The Hall–Kier alpha value is -3.03. The second-order valence-corrected chi connectivity index (χ2v) is 10.6. The van der Waals surface area contributed by atoms with E-state index in [1.165, 1.54) is 30.3 Å². The highest BCUT2D eigenvalue weighted by Crippen LogP contribution is 2.37. The molecule has 5 unspecified atom stereocenters. The summed E-state index contributed by atoms with van der Waals surface area (Å²) >= 11 is 0. The topological polar surface area (TPSA) is 179 Å². The highest BCUT2D eigenvalue weighted by molar-refractivity contribution is 5.79. The van der Waals surface area contributed by atoms with Crippen molar-refractivity contribution < 1.29 is 49.6 Å². The summed E-state index contributed by atoms with van der Waals surface area (Å²) < 4.78 is 11.8. The molecule has 0 bridgehead atoms. The Bertz CT molecular complexity index is 1350. The SMILES string of the molecule is Cc1cc(=O)c2cc3c(cc2o1)OC(C)(C)C(OOCC(O)(Cc1ccc(O)cc1)C(O)C(O)C(O)CO)C3. The first kappa shape index (κ1) is 29.0. The molecule has 2 aromatic carbocycles. The van der Waals surface area contributed by atoms with Gasteiger partial charge >= 0.3 is 0 Å². The Morgan fingerprint density at radius 2 is 1.82 bits per heavy atom. The largest absolute Gasteiger partial charge is 0.508 e. The highest BCUT2D eigenvalue weighted by atomic mass is 17.2. The molecule has 11 nitrogen and oxygen atoms in total. The van der Waals surface area contributed by atoms with Crippen molar-refractivity contribution in [2.75, 3.05) is 13.2 Å². The summed E-state index contributed by atoms with van der Waals surface area (Å²) in [7, 11) is 0. The average molecular weight is 547 g/mol. The van der Waals surface area contributed by atoms with Gasteiger partial charge in [-0.3, -0.25) is 4.79 Å². The number of phenolic OH excluding ortho intramolecular Hbond substituents is 1. The standard InChI is InChI=1S/C28H34O11/c1-15-8-20(31)19-9-17-10-24(27(2,3)38-22(17)11-23(19)37-15)39-36-14-28(35,26(34)25(33)21(32)13-29)12-16-4-6-18(30)7-5-16/h4-9,11,21,24-26,29-30,32-35H,10,12-14H2,1-3H3. The first-order valence-corrected chi connectivity index (χ1v) is 12.5. The number of ether oxygens (including phenoxy) is 1. The molecule has 5 atom stereocenters. The molecule has 0 spiro atoms. The van der Waals surface area contributed by atoms with E-state index in [1.807, 2.05) is 0 Å². The van der Waals surface area contributed by atoms with Crippen LogP contribution in [0.15, 0.2) is 51.7 Å². The highest BCUT2D eigenvalue weighted by Gasteiger charge is 2.45. The second kappa shape index (κ2) is 11.2. The van der Waals surface area contributed by atoms with Crippen molar-refractivity contribution in [3.8, 4) is 11.5 Å². The smallest absolute Gasteiger partial charge is 0.192 e. The summed E-state index contributed by atoms with van der Waals surface area (Å²) in [5, 5.41) is 61.4. The number of aromatic hydroxyl groups is 1. The van der Waals surface area contributed by atoms with Crippen LogP contribution < -0.4 is 10.2 Å². The lowest BCUT2D eigenvalue weighted by atomic mass is 9.85. The zero-order valence-electron chi connectivity index (χ0n) is 21.9. The summed E-state index contributed by atoms with van der Waals surface area (Å²) in [5.74, 6) is 1.01. The molecule has 6 N–H and O–H groups in total. The van der Waals surface area contributed by atoms with E-state index in [-0.39, 0.29) is 24.0 Å². The maximum atomic E-state index is 12.5. The van der Waals surface area contributed by atoms with E-state index in [4.69, 9.17) is 18.9 Å². The molecule has 0 radical (unpaired) electrons. The van der Waals surface area contributed by atoms with Gasteiger partial charge in [-0.2, -0.15) is 0 Å². The quantitative estimate of drug-likeness (QED) is 0.157. The minimum absolute atomic E-state index is 0.00125. The van der Waals surface area contributed by atoms with Crippen LogP contribution >= 0.6 is 0 Å². The monoisotopic (exact) mass is 546 g/mol. The Morgan fingerprint density at radius 3 is 2.49 bits per heavy atom. The molecule has 4 rings (SSSR count). The van der Waals surface area contributed by atoms with E-state index >= 15 is 0 Å². The fourth-order valence-electron chi connectivity index (χ4n) is 4.61. The first-order chi connectivity index (χ1) is 18.3. The van der Waals surface area contributed by atoms with Crippen LogP contribution in [0.25, 0.3) is 11.0 Å². The number of aryl methyl sites for hydroxylation is 1. The number of phenols is 1. The number of hydrogen-bond donors (Lipinski definition) is 6. The Kier molecular flexibility index (Phi) is 8.33. The molecular weight excluding hydrogens is 512 g/mol. The van der Waals surface area contributed by atoms with Gasteiger partial charge in [-0.15, -0.1) is 0 Å². The summed E-state index contributed by atoms with van der Waals surface area (Å²) in [5.41, 5.74) is -1.69. The Balaban J connectivity index is 1.53. The number of aliphatic hydroxyl groups is 5. The first-order valence-electron chi connectivity index (χ1n) is 12.5. The van der Waals surface area contributed by atoms with Crippen LogP contribution in [0, 0.1) is 6.92 Å².